The lowest BCUT2D eigenvalue weighted by Gasteiger charge is -2.30. The molecule has 2 unspecified atom stereocenters. The zero-order valence-electron chi connectivity index (χ0n) is 7.77. The molecule has 0 aromatic carbocycles. The van der Waals surface area contributed by atoms with E-state index in [9.17, 15) is 0 Å². The van der Waals surface area contributed by atoms with Crippen molar-refractivity contribution in [3.8, 4) is 0 Å². The van der Waals surface area contributed by atoms with Crippen LogP contribution in [0.5, 0.6) is 0 Å². The Morgan fingerprint density at radius 3 is 3.00 bits per heavy atom. The van der Waals surface area contributed by atoms with Crippen LogP contribution in [0.3, 0.4) is 0 Å². The highest BCUT2D eigenvalue weighted by Gasteiger charge is 2.45. The molecule has 0 bridgehead atoms. The summed E-state index contributed by atoms with van der Waals surface area (Å²) in [6.07, 6.45) is 5.75. The second kappa shape index (κ2) is 2.48. The minimum absolute atomic E-state index is 0.652. The first-order valence-corrected chi connectivity index (χ1v) is 5.02. The Morgan fingerprint density at radius 1 is 1.55 bits per heavy atom. The molecule has 2 atom stereocenters. The molecule has 1 heteroatoms. The van der Waals surface area contributed by atoms with Gasteiger partial charge in [-0.05, 0) is 38.1 Å². The fourth-order valence-electron chi connectivity index (χ4n) is 3.14. The van der Waals surface area contributed by atoms with Gasteiger partial charge in [-0.25, -0.2) is 0 Å². The number of hydrogen-bond donors (Lipinski definition) is 0. The molecule has 2 aliphatic heterocycles. The molecule has 0 aromatic heterocycles. The van der Waals surface area contributed by atoms with Gasteiger partial charge in [0.25, 0.3) is 0 Å². The van der Waals surface area contributed by atoms with Gasteiger partial charge < -0.3 is 0 Å². The highest BCUT2D eigenvalue weighted by atomic mass is 15.2. The van der Waals surface area contributed by atoms with Crippen LogP contribution in [-0.4, -0.2) is 23.5 Å². The summed E-state index contributed by atoms with van der Waals surface area (Å²) in [4.78, 5) is 2.73. The summed E-state index contributed by atoms with van der Waals surface area (Å²) in [6.45, 7) is 7.50. The lowest BCUT2D eigenvalue weighted by atomic mass is 9.88. The van der Waals surface area contributed by atoms with Crippen molar-refractivity contribution in [2.24, 2.45) is 5.92 Å². The van der Waals surface area contributed by atoms with Crippen LogP contribution in [0, 0.1) is 5.92 Å². The Balaban J connectivity index is 2.15. The van der Waals surface area contributed by atoms with Gasteiger partial charge in [0.05, 0.1) is 0 Å². The van der Waals surface area contributed by atoms with Crippen LogP contribution in [0.2, 0.25) is 0 Å². The van der Waals surface area contributed by atoms with Gasteiger partial charge in [0.15, 0.2) is 0 Å². The maximum atomic E-state index is 2.73. The zero-order chi connectivity index (χ0) is 7.90. The summed E-state index contributed by atoms with van der Waals surface area (Å²) in [7, 11) is 0. The Hall–Kier alpha value is -0.0400. The molecule has 0 N–H and O–H groups in total. The average Bonchev–Trinajstić information content (AvgIpc) is 2.43. The van der Waals surface area contributed by atoms with Crippen molar-refractivity contribution in [3.63, 3.8) is 0 Å². The van der Waals surface area contributed by atoms with E-state index in [1.807, 2.05) is 0 Å². The van der Waals surface area contributed by atoms with E-state index in [4.69, 9.17) is 0 Å². The van der Waals surface area contributed by atoms with Gasteiger partial charge in [-0.2, -0.15) is 0 Å². The second-order valence-electron chi connectivity index (χ2n) is 4.44. The van der Waals surface area contributed by atoms with E-state index in [1.54, 1.807) is 0 Å². The third-order valence-corrected chi connectivity index (χ3v) is 3.66. The average molecular weight is 153 g/mol. The first-order chi connectivity index (χ1) is 5.27. The largest absolute Gasteiger partial charge is 0.297 e. The zero-order valence-corrected chi connectivity index (χ0v) is 7.77. The van der Waals surface area contributed by atoms with E-state index < -0.39 is 0 Å². The van der Waals surface area contributed by atoms with Gasteiger partial charge in [-0.15, -0.1) is 0 Å². The summed E-state index contributed by atoms with van der Waals surface area (Å²) in [6, 6.07) is 0. The quantitative estimate of drug-likeness (QED) is 0.558. The second-order valence-corrected chi connectivity index (χ2v) is 4.44. The van der Waals surface area contributed by atoms with E-state index >= 15 is 0 Å². The molecular weight excluding hydrogens is 134 g/mol. The first kappa shape index (κ1) is 7.60. The standard InChI is InChI=1S/C10H19N/c1-3-10-5-4-6-11(10)8-9(2)7-10/h9H,3-8H2,1-2H3. The number of rotatable bonds is 1. The molecule has 2 fully saturated rings. The van der Waals surface area contributed by atoms with E-state index in [0.717, 1.165) is 5.92 Å². The van der Waals surface area contributed by atoms with Gasteiger partial charge in [-0.3, -0.25) is 4.90 Å². The summed E-state index contributed by atoms with van der Waals surface area (Å²) in [5.41, 5.74) is 0.652. The van der Waals surface area contributed by atoms with Crippen molar-refractivity contribution in [2.75, 3.05) is 13.1 Å². The molecule has 0 aromatic rings. The normalized spacial score (nSPS) is 44.7. The van der Waals surface area contributed by atoms with Crippen molar-refractivity contribution in [1.29, 1.82) is 0 Å². The molecule has 2 heterocycles. The van der Waals surface area contributed by atoms with Gasteiger partial charge >= 0.3 is 0 Å². The third kappa shape index (κ3) is 1.01. The minimum Gasteiger partial charge on any atom is -0.297 e. The number of hydrogen-bond acceptors (Lipinski definition) is 1. The van der Waals surface area contributed by atoms with Crippen molar-refractivity contribution in [1.82, 2.24) is 4.90 Å². The highest BCUT2D eigenvalue weighted by molar-refractivity contribution is 5.01. The van der Waals surface area contributed by atoms with Crippen LogP contribution in [0.25, 0.3) is 0 Å². The highest BCUT2D eigenvalue weighted by Crippen LogP contribution is 2.43. The molecule has 0 saturated carbocycles. The SMILES string of the molecule is CCC12CCCN1CC(C)C2. The molecule has 2 rings (SSSR count). The molecule has 0 amide bonds. The third-order valence-electron chi connectivity index (χ3n) is 3.66. The topological polar surface area (TPSA) is 3.24 Å². The molecule has 2 aliphatic rings. The van der Waals surface area contributed by atoms with Crippen LogP contribution < -0.4 is 0 Å². The molecule has 1 nitrogen and oxygen atoms in total. The predicted octanol–water partition coefficient (Wildman–Crippen LogP) is 2.27. The fourth-order valence-corrected chi connectivity index (χ4v) is 3.14. The number of fused-ring (bicyclic) bond motifs is 1. The first-order valence-electron chi connectivity index (χ1n) is 5.02. The van der Waals surface area contributed by atoms with Crippen LogP contribution in [0.4, 0.5) is 0 Å². The van der Waals surface area contributed by atoms with Crippen molar-refractivity contribution in [2.45, 2.75) is 45.1 Å². The van der Waals surface area contributed by atoms with Gasteiger partial charge in [0.2, 0.25) is 0 Å². The Labute approximate surface area is 69.8 Å². The predicted molar refractivity (Wildman–Crippen MR) is 47.6 cm³/mol. The van der Waals surface area contributed by atoms with Gasteiger partial charge in [0, 0.05) is 12.1 Å². The molecular formula is C10H19N. The fraction of sp³-hybridized carbons (Fsp3) is 1.00. The van der Waals surface area contributed by atoms with E-state index in [1.165, 1.54) is 38.8 Å². The Kier molecular flexibility index (Phi) is 1.71. The molecule has 0 spiro atoms. The van der Waals surface area contributed by atoms with Crippen LogP contribution in [0.15, 0.2) is 0 Å². The van der Waals surface area contributed by atoms with E-state index in [2.05, 4.69) is 18.7 Å². The molecule has 11 heavy (non-hydrogen) atoms. The van der Waals surface area contributed by atoms with Crippen molar-refractivity contribution >= 4 is 0 Å². The Morgan fingerprint density at radius 2 is 2.36 bits per heavy atom. The lowest BCUT2D eigenvalue weighted by Crippen LogP contribution is -2.37. The van der Waals surface area contributed by atoms with Crippen LogP contribution in [0.1, 0.15) is 39.5 Å². The summed E-state index contributed by atoms with van der Waals surface area (Å²) in [5, 5.41) is 0. The van der Waals surface area contributed by atoms with Gasteiger partial charge in [-0.1, -0.05) is 13.8 Å². The van der Waals surface area contributed by atoms with Gasteiger partial charge in [0.1, 0.15) is 0 Å². The Bertz CT molecular complexity index is 155. The molecule has 2 saturated heterocycles. The van der Waals surface area contributed by atoms with E-state index in [-0.39, 0.29) is 0 Å². The van der Waals surface area contributed by atoms with Crippen molar-refractivity contribution in [3.05, 3.63) is 0 Å². The summed E-state index contributed by atoms with van der Waals surface area (Å²) >= 11 is 0. The maximum Gasteiger partial charge on any atom is 0.0210 e. The monoisotopic (exact) mass is 153 g/mol. The van der Waals surface area contributed by atoms with Crippen LogP contribution >= 0.6 is 0 Å². The van der Waals surface area contributed by atoms with E-state index in [0.29, 0.717) is 5.54 Å². The molecule has 0 radical (unpaired) electrons. The lowest BCUT2D eigenvalue weighted by molar-refractivity contribution is 0.189. The summed E-state index contributed by atoms with van der Waals surface area (Å²) < 4.78 is 0. The molecule has 64 valence electrons. The number of nitrogens with zero attached hydrogens (tertiary/aromatic N) is 1. The summed E-state index contributed by atoms with van der Waals surface area (Å²) in [5.74, 6) is 0.954. The molecule has 0 aliphatic carbocycles. The maximum absolute atomic E-state index is 2.73. The minimum atomic E-state index is 0.652. The smallest absolute Gasteiger partial charge is 0.0210 e. The van der Waals surface area contributed by atoms with Crippen molar-refractivity contribution < 1.29 is 0 Å². The van der Waals surface area contributed by atoms with Crippen LogP contribution in [-0.2, 0) is 0 Å².